The van der Waals surface area contributed by atoms with E-state index in [1.54, 1.807) is 0 Å². The van der Waals surface area contributed by atoms with Gasteiger partial charge in [0.2, 0.25) is 0 Å². The molecule has 1 aliphatic rings. The van der Waals surface area contributed by atoms with Crippen molar-refractivity contribution in [1.82, 2.24) is 4.57 Å². The van der Waals surface area contributed by atoms with Crippen LogP contribution >= 0.6 is 24.0 Å². The van der Waals surface area contributed by atoms with E-state index in [1.807, 2.05) is 11.3 Å². The molecule has 3 heteroatoms. The van der Waals surface area contributed by atoms with Gasteiger partial charge in [0.05, 0.1) is 21.4 Å². The highest BCUT2D eigenvalue weighted by Gasteiger charge is 2.21. The van der Waals surface area contributed by atoms with Crippen LogP contribution < -0.4 is 0 Å². The summed E-state index contributed by atoms with van der Waals surface area (Å²) < 4.78 is 3.77. The van der Waals surface area contributed by atoms with Crippen LogP contribution in [-0.4, -0.2) is 4.57 Å². The van der Waals surface area contributed by atoms with Crippen molar-refractivity contribution in [2.45, 2.75) is 11.7 Å². The van der Waals surface area contributed by atoms with E-state index in [0.717, 1.165) is 6.42 Å². The van der Waals surface area contributed by atoms with Crippen LogP contribution in [0.25, 0.3) is 43.7 Å². The Morgan fingerprint density at radius 1 is 0.815 bits per heavy atom. The van der Waals surface area contributed by atoms with Gasteiger partial charge >= 0.3 is 0 Å². The van der Waals surface area contributed by atoms with Crippen LogP contribution in [0.4, 0.5) is 0 Å². The Morgan fingerprint density at radius 3 is 2.22 bits per heavy atom. The first kappa shape index (κ1) is 15.6. The van der Waals surface area contributed by atoms with Gasteiger partial charge in [0.15, 0.2) is 0 Å². The Labute approximate surface area is 167 Å². The number of aromatic nitrogens is 1. The summed E-state index contributed by atoms with van der Waals surface area (Å²) in [6, 6.07) is 24.1. The lowest BCUT2D eigenvalue weighted by Crippen LogP contribution is -1.93. The monoisotopic (exact) mass is 383 g/mol. The number of hydrogen-bond donors (Lipinski definition) is 1. The van der Waals surface area contributed by atoms with Crippen molar-refractivity contribution in [3.8, 4) is 5.69 Å². The average Bonchev–Trinajstić information content (AvgIpc) is 3.25. The average molecular weight is 384 g/mol. The summed E-state index contributed by atoms with van der Waals surface area (Å²) in [5.74, 6) is 0. The minimum Gasteiger partial charge on any atom is -0.308 e. The lowest BCUT2D eigenvalue weighted by Gasteiger charge is -2.11. The number of rotatable bonds is 1. The third-order valence-electron chi connectivity index (χ3n) is 5.53. The highest BCUT2D eigenvalue weighted by Crippen LogP contribution is 2.45. The Bertz CT molecular complexity index is 1320. The smallest absolute Gasteiger partial charge is 0.0640 e. The fraction of sp³-hybridized carbons (Fsp3) is 0.0833. The van der Waals surface area contributed by atoms with Gasteiger partial charge in [-0.05, 0) is 30.2 Å². The normalized spacial score (nSPS) is 16.4. The number of benzene rings is 3. The van der Waals surface area contributed by atoms with E-state index in [-0.39, 0.29) is 0 Å². The van der Waals surface area contributed by atoms with Crippen LogP contribution in [-0.2, 0) is 0 Å². The van der Waals surface area contributed by atoms with Crippen molar-refractivity contribution in [2.75, 3.05) is 0 Å². The highest BCUT2D eigenvalue weighted by atomic mass is 32.1. The fourth-order valence-electron chi connectivity index (χ4n) is 4.34. The van der Waals surface area contributed by atoms with Crippen LogP contribution in [0.15, 0.2) is 72.8 Å². The number of fused-ring (bicyclic) bond motifs is 6. The van der Waals surface area contributed by atoms with Gasteiger partial charge in [-0.25, -0.2) is 0 Å². The SMILES string of the molecule is SC1CC=Cc2c1sc1c(-n3c4ccccc4c4ccccc43)cccc21. The summed E-state index contributed by atoms with van der Waals surface area (Å²) in [6.45, 7) is 0. The maximum Gasteiger partial charge on any atom is 0.0640 e. The molecule has 130 valence electrons. The third kappa shape index (κ3) is 2.13. The molecule has 0 N–H and O–H groups in total. The summed E-state index contributed by atoms with van der Waals surface area (Å²) in [7, 11) is 0. The molecule has 1 atom stereocenters. The van der Waals surface area contributed by atoms with E-state index in [1.165, 1.54) is 48.0 Å². The molecule has 1 aliphatic carbocycles. The Kier molecular flexibility index (Phi) is 3.31. The molecular weight excluding hydrogens is 366 g/mol. The lowest BCUT2D eigenvalue weighted by atomic mass is 10.0. The molecule has 0 radical (unpaired) electrons. The summed E-state index contributed by atoms with van der Waals surface area (Å²) in [5, 5.41) is 4.24. The van der Waals surface area contributed by atoms with E-state index in [2.05, 4.69) is 83.4 Å². The second kappa shape index (κ2) is 5.75. The number of thiol groups is 1. The Balaban J connectivity index is 1.78. The van der Waals surface area contributed by atoms with Crippen LogP contribution in [0.5, 0.6) is 0 Å². The molecule has 6 rings (SSSR count). The Morgan fingerprint density at radius 2 is 1.48 bits per heavy atom. The second-order valence-electron chi connectivity index (χ2n) is 7.06. The van der Waals surface area contributed by atoms with E-state index in [4.69, 9.17) is 12.6 Å². The molecule has 1 nitrogen and oxygen atoms in total. The van der Waals surface area contributed by atoms with Crippen molar-refractivity contribution in [3.05, 3.63) is 83.2 Å². The maximum atomic E-state index is 4.83. The first-order valence-electron chi connectivity index (χ1n) is 9.21. The van der Waals surface area contributed by atoms with Crippen molar-refractivity contribution < 1.29 is 0 Å². The van der Waals surface area contributed by atoms with Crippen LogP contribution in [0.2, 0.25) is 0 Å². The molecule has 1 unspecified atom stereocenters. The number of allylic oxidation sites excluding steroid dienone is 1. The van der Waals surface area contributed by atoms with Gasteiger partial charge in [0, 0.05) is 26.3 Å². The number of thiophene rings is 1. The molecule has 2 aromatic heterocycles. The minimum atomic E-state index is 0.299. The van der Waals surface area contributed by atoms with Gasteiger partial charge in [0.25, 0.3) is 0 Å². The van der Waals surface area contributed by atoms with Crippen LogP contribution in [0.1, 0.15) is 22.1 Å². The zero-order valence-corrected chi connectivity index (χ0v) is 16.3. The lowest BCUT2D eigenvalue weighted by molar-refractivity contribution is 0.992. The van der Waals surface area contributed by atoms with Crippen molar-refractivity contribution >= 4 is 61.9 Å². The Hall–Kier alpha value is -2.49. The molecule has 2 heterocycles. The van der Waals surface area contributed by atoms with Gasteiger partial charge in [-0.3, -0.25) is 0 Å². The maximum absolute atomic E-state index is 4.83. The summed E-state index contributed by atoms with van der Waals surface area (Å²) in [5.41, 5.74) is 5.13. The molecule has 27 heavy (non-hydrogen) atoms. The van der Waals surface area contributed by atoms with Crippen molar-refractivity contribution in [2.24, 2.45) is 0 Å². The quantitative estimate of drug-likeness (QED) is 0.288. The zero-order valence-electron chi connectivity index (χ0n) is 14.6. The van der Waals surface area contributed by atoms with Crippen LogP contribution in [0, 0.1) is 0 Å². The fourth-order valence-corrected chi connectivity index (χ4v) is 6.05. The van der Waals surface area contributed by atoms with E-state index >= 15 is 0 Å². The van der Waals surface area contributed by atoms with Gasteiger partial charge in [-0.2, -0.15) is 12.6 Å². The van der Waals surface area contributed by atoms with Crippen molar-refractivity contribution in [1.29, 1.82) is 0 Å². The predicted octanol–water partition coefficient (Wildman–Crippen LogP) is 7.39. The minimum absolute atomic E-state index is 0.299. The molecular formula is C24H17NS2. The predicted molar refractivity (Wildman–Crippen MR) is 122 cm³/mol. The molecule has 0 fully saturated rings. The largest absolute Gasteiger partial charge is 0.308 e. The molecule has 5 aromatic rings. The third-order valence-corrected chi connectivity index (χ3v) is 7.53. The molecule has 0 spiro atoms. The summed E-state index contributed by atoms with van der Waals surface area (Å²) >= 11 is 6.73. The van der Waals surface area contributed by atoms with Gasteiger partial charge < -0.3 is 4.57 Å². The topological polar surface area (TPSA) is 4.93 Å². The molecule has 0 saturated carbocycles. The van der Waals surface area contributed by atoms with E-state index < -0.39 is 0 Å². The van der Waals surface area contributed by atoms with Gasteiger partial charge in [-0.15, -0.1) is 11.3 Å². The molecule has 0 amide bonds. The van der Waals surface area contributed by atoms with E-state index in [0.29, 0.717) is 5.25 Å². The first-order chi connectivity index (χ1) is 13.3. The number of nitrogens with zero attached hydrogens (tertiary/aromatic N) is 1. The standard InChI is InChI=1S/C24H17NS2/c26-22-14-6-10-18-17-9-5-13-21(23(17)27-24(18)22)25-19-11-3-1-7-15(19)16-8-2-4-12-20(16)25/h1-13,22,26H,14H2. The molecule has 0 aliphatic heterocycles. The molecule has 3 aromatic carbocycles. The van der Waals surface area contributed by atoms with Gasteiger partial charge in [0.1, 0.15) is 0 Å². The highest BCUT2D eigenvalue weighted by molar-refractivity contribution is 7.80. The first-order valence-corrected chi connectivity index (χ1v) is 10.5. The molecule has 0 saturated heterocycles. The summed E-state index contributed by atoms with van der Waals surface area (Å²) in [4.78, 5) is 1.39. The molecule has 0 bridgehead atoms. The number of hydrogen-bond acceptors (Lipinski definition) is 2. The van der Waals surface area contributed by atoms with E-state index in [9.17, 15) is 0 Å². The van der Waals surface area contributed by atoms with Crippen LogP contribution in [0.3, 0.4) is 0 Å². The summed E-state index contributed by atoms with van der Waals surface area (Å²) in [6.07, 6.45) is 5.53. The van der Waals surface area contributed by atoms with Crippen molar-refractivity contribution in [3.63, 3.8) is 0 Å². The zero-order chi connectivity index (χ0) is 18.0. The second-order valence-corrected chi connectivity index (χ2v) is 8.73. The number of para-hydroxylation sites is 2. The van der Waals surface area contributed by atoms with Gasteiger partial charge in [-0.1, -0.05) is 60.7 Å².